The maximum atomic E-state index is 13.1. The Balaban J connectivity index is 2.64. The minimum Gasteiger partial charge on any atom is -0.390 e. The fourth-order valence-electron chi connectivity index (χ4n) is 1.16. The Hall–Kier alpha value is -1.23. The van der Waals surface area contributed by atoms with E-state index in [0.29, 0.717) is 12.5 Å². The van der Waals surface area contributed by atoms with E-state index in [9.17, 15) is 18.3 Å². The Morgan fingerprint density at radius 2 is 1.69 bits per heavy atom. The second-order valence-corrected chi connectivity index (χ2v) is 4.24. The number of hydrogen-bond donors (Lipinski definition) is 2. The Labute approximate surface area is 92.1 Å². The zero-order valence-electron chi connectivity index (χ0n) is 9.15. The van der Waals surface area contributed by atoms with Crippen molar-refractivity contribution in [3.05, 3.63) is 29.6 Å². The summed E-state index contributed by atoms with van der Waals surface area (Å²) in [6, 6.07) is 1.25. The van der Waals surface area contributed by atoms with E-state index in [1.165, 1.54) is 0 Å². The van der Waals surface area contributed by atoms with Crippen LogP contribution in [-0.4, -0.2) is 17.3 Å². The highest BCUT2D eigenvalue weighted by Crippen LogP contribution is 2.19. The summed E-state index contributed by atoms with van der Waals surface area (Å²) in [7, 11) is 0. The maximum Gasteiger partial charge on any atom is 0.161 e. The van der Waals surface area contributed by atoms with Crippen LogP contribution in [0.5, 0.6) is 0 Å². The molecule has 16 heavy (non-hydrogen) atoms. The maximum absolute atomic E-state index is 13.1. The molecule has 1 rings (SSSR count). The molecule has 90 valence electrons. The summed E-state index contributed by atoms with van der Waals surface area (Å²) in [5.74, 6) is -3.17. The molecule has 0 aliphatic carbocycles. The summed E-state index contributed by atoms with van der Waals surface area (Å²) < 4.78 is 38.5. The highest BCUT2D eigenvalue weighted by Gasteiger charge is 2.13. The zero-order valence-corrected chi connectivity index (χ0v) is 9.15. The molecule has 0 heterocycles. The number of benzene rings is 1. The molecule has 0 fully saturated rings. The monoisotopic (exact) mass is 233 g/mol. The highest BCUT2D eigenvalue weighted by molar-refractivity contribution is 5.45. The SMILES string of the molecule is CC(C)(O)CCNc1cc(F)c(F)cc1F. The van der Waals surface area contributed by atoms with E-state index in [2.05, 4.69) is 5.32 Å². The van der Waals surface area contributed by atoms with Gasteiger partial charge in [-0.3, -0.25) is 0 Å². The summed E-state index contributed by atoms with van der Waals surface area (Å²) in [6.07, 6.45) is 0.367. The van der Waals surface area contributed by atoms with Crippen molar-refractivity contribution in [2.45, 2.75) is 25.9 Å². The van der Waals surface area contributed by atoms with Crippen molar-refractivity contribution in [1.29, 1.82) is 0 Å². The van der Waals surface area contributed by atoms with Crippen LogP contribution in [0.25, 0.3) is 0 Å². The summed E-state index contributed by atoms with van der Waals surface area (Å²) in [5, 5.41) is 12.0. The van der Waals surface area contributed by atoms with Crippen molar-refractivity contribution in [3.63, 3.8) is 0 Å². The lowest BCUT2D eigenvalue weighted by molar-refractivity contribution is 0.0748. The molecule has 0 unspecified atom stereocenters. The first-order valence-electron chi connectivity index (χ1n) is 4.90. The standard InChI is InChI=1S/C11H14F3NO/c1-11(2,16)3-4-15-10-6-8(13)7(12)5-9(10)14/h5-6,15-16H,3-4H2,1-2H3. The number of halogens is 3. The molecule has 0 radical (unpaired) electrons. The number of nitrogens with one attached hydrogen (secondary N) is 1. The van der Waals surface area contributed by atoms with E-state index in [0.717, 1.165) is 6.07 Å². The lowest BCUT2D eigenvalue weighted by Crippen LogP contribution is -2.22. The van der Waals surface area contributed by atoms with Crippen molar-refractivity contribution in [3.8, 4) is 0 Å². The Morgan fingerprint density at radius 1 is 1.12 bits per heavy atom. The van der Waals surface area contributed by atoms with E-state index >= 15 is 0 Å². The normalized spacial score (nSPS) is 11.6. The summed E-state index contributed by atoms with van der Waals surface area (Å²) in [4.78, 5) is 0. The average Bonchev–Trinajstić information content (AvgIpc) is 2.11. The third-order valence-corrected chi connectivity index (χ3v) is 2.06. The van der Waals surface area contributed by atoms with Gasteiger partial charge < -0.3 is 10.4 Å². The van der Waals surface area contributed by atoms with Gasteiger partial charge in [0.2, 0.25) is 0 Å². The summed E-state index contributed by atoms with van der Waals surface area (Å²) in [5.41, 5.74) is -0.995. The van der Waals surface area contributed by atoms with E-state index in [1.807, 2.05) is 0 Å². The predicted molar refractivity (Wildman–Crippen MR) is 55.7 cm³/mol. The van der Waals surface area contributed by atoms with Crippen LogP contribution in [0.4, 0.5) is 18.9 Å². The highest BCUT2D eigenvalue weighted by atomic mass is 19.2. The first-order chi connectivity index (χ1) is 7.29. The molecule has 0 aliphatic heterocycles. The van der Waals surface area contributed by atoms with Crippen molar-refractivity contribution in [1.82, 2.24) is 0 Å². The average molecular weight is 233 g/mol. The van der Waals surface area contributed by atoms with Crippen LogP contribution in [-0.2, 0) is 0 Å². The lowest BCUT2D eigenvalue weighted by atomic mass is 10.1. The number of rotatable bonds is 4. The topological polar surface area (TPSA) is 32.3 Å². The van der Waals surface area contributed by atoms with Crippen LogP contribution in [0.1, 0.15) is 20.3 Å². The Kier molecular flexibility index (Phi) is 3.80. The van der Waals surface area contributed by atoms with E-state index in [-0.39, 0.29) is 12.2 Å². The molecule has 5 heteroatoms. The molecule has 2 nitrogen and oxygen atoms in total. The molecular formula is C11H14F3NO. The summed E-state index contributed by atoms with van der Waals surface area (Å²) >= 11 is 0. The number of aliphatic hydroxyl groups is 1. The largest absolute Gasteiger partial charge is 0.390 e. The molecular weight excluding hydrogens is 219 g/mol. The fraction of sp³-hybridized carbons (Fsp3) is 0.455. The molecule has 0 amide bonds. The van der Waals surface area contributed by atoms with Gasteiger partial charge in [0.05, 0.1) is 11.3 Å². The van der Waals surface area contributed by atoms with Gasteiger partial charge in [-0.25, -0.2) is 13.2 Å². The van der Waals surface area contributed by atoms with Crippen LogP contribution in [0.15, 0.2) is 12.1 Å². The molecule has 1 aromatic carbocycles. The molecule has 2 N–H and O–H groups in total. The molecule has 0 aromatic heterocycles. The molecule has 0 bridgehead atoms. The van der Waals surface area contributed by atoms with Crippen molar-refractivity contribution < 1.29 is 18.3 Å². The third-order valence-electron chi connectivity index (χ3n) is 2.06. The molecule has 0 saturated carbocycles. The third kappa shape index (κ3) is 3.73. The van der Waals surface area contributed by atoms with E-state index in [4.69, 9.17) is 0 Å². The first-order valence-corrected chi connectivity index (χ1v) is 4.90. The quantitative estimate of drug-likeness (QED) is 0.784. The predicted octanol–water partition coefficient (Wildman–Crippen LogP) is 2.68. The van der Waals surface area contributed by atoms with Crippen molar-refractivity contribution in [2.75, 3.05) is 11.9 Å². The lowest BCUT2D eigenvalue weighted by Gasteiger charge is -2.17. The smallest absolute Gasteiger partial charge is 0.161 e. The van der Waals surface area contributed by atoms with Crippen LogP contribution >= 0.6 is 0 Å². The van der Waals surface area contributed by atoms with Crippen molar-refractivity contribution >= 4 is 5.69 Å². The molecule has 0 spiro atoms. The van der Waals surface area contributed by atoms with Crippen molar-refractivity contribution in [2.24, 2.45) is 0 Å². The molecule has 0 atom stereocenters. The Bertz CT molecular complexity index is 374. The second-order valence-electron chi connectivity index (χ2n) is 4.24. The number of hydrogen-bond acceptors (Lipinski definition) is 2. The van der Waals surface area contributed by atoms with E-state index in [1.54, 1.807) is 13.8 Å². The van der Waals surface area contributed by atoms with Gasteiger partial charge in [0, 0.05) is 18.7 Å². The summed E-state index contributed by atoms with van der Waals surface area (Å²) in [6.45, 7) is 3.48. The van der Waals surface area contributed by atoms with Gasteiger partial charge in [0.1, 0.15) is 5.82 Å². The van der Waals surface area contributed by atoms with Crippen LogP contribution < -0.4 is 5.32 Å². The fourth-order valence-corrected chi connectivity index (χ4v) is 1.16. The molecule has 0 aliphatic rings. The van der Waals surface area contributed by atoms with Gasteiger partial charge in [-0.1, -0.05) is 0 Å². The van der Waals surface area contributed by atoms with Crippen LogP contribution in [0.2, 0.25) is 0 Å². The van der Waals surface area contributed by atoms with Gasteiger partial charge in [0.25, 0.3) is 0 Å². The van der Waals surface area contributed by atoms with Gasteiger partial charge in [0.15, 0.2) is 11.6 Å². The van der Waals surface area contributed by atoms with E-state index < -0.39 is 23.1 Å². The minimum atomic E-state index is -1.22. The first kappa shape index (κ1) is 12.8. The number of anilines is 1. The molecule has 1 aromatic rings. The van der Waals surface area contributed by atoms with Gasteiger partial charge in [-0.05, 0) is 20.3 Å². The van der Waals surface area contributed by atoms with Gasteiger partial charge >= 0.3 is 0 Å². The minimum absolute atomic E-state index is 0.108. The van der Waals surface area contributed by atoms with Crippen LogP contribution in [0, 0.1) is 17.5 Å². The second kappa shape index (κ2) is 4.74. The van der Waals surface area contributed by atoms with Crippen LogP contribution in [0.3, 0.4) is 0 Å². The Morgan fingerprint density at radius 3 is 2.25 bits per heavy atom. The van der Waals surface area contributed by atoms with Gasteiger partial charge in [-0.2, -0.15) is 0 Å². The molecule has 0 saturated heterocycles. The zero-order chi connectivity index (χ0) is 12.3. The van der Waals surface area contributed by atoms with Gasteiger partial charge in [-0.15, -0.1) is 0 Å².